The number of hydrogen-bond acceptors (Lipinski definition) is 12. The molecule has 0 aromatic heterocycles. The van der Waals surface area contributed by atoms with Crippen LogP contribution < -0.4 is 0 Å². The smallest absolute Gasteiger partial charge is 0.338 e. The van der Waals surface area contributed by atoms with Crippen molar-refractivity contribution in [3.05, 3.63) is 155 Å². The molecule has 3 saturated carbocycles. The molecule has 12 nitrogen and oxygen atoms in total. The summed E-state index contributed by atoms with van der Waals surface area (Å²) in [6.07, 6.45) is 4.06. The molecule has 0 N–H and O–H groups in total. The van der Waals surface area contributed by atoms with Gasteiger partial charge < -0.3 is 37.9 Å². The molecule has 1 spiro atoms. The first kappa shape index (κ1) is 49.5. The van der Waals surface area contributed by atoms with Crippen molar-refractivity contribution < 1.29 is 57.1 Å². The van der Waals surface area contributed by atoms with Crippen LogP contribution in [-0.2, 0) is 37.9 Å². The zero-order valence-corrected chi connectivity index (χ0v) is 42.3. The van der Waals surface area contributed by atoms with E-state index >= 15 is 0 Å². The van der Waals surface area contributed by atoms with E-state index in [0.29, 0.717) is 53.9 Å². The van der Waals surface area contributed by atoms with Gasteiger partial charge in [-0.25, -0.2) is 19.2 Å². The highest BCUT2D eigenvalue weighted by atomic mass is 16.7. The van der Waals surface area contributed by atoms with Crippen LogP contribution in [0.15, 0.2) is 133 Å². The molecule has 0 amide bonds. The van der Waals surface area contributed by atoms with Crippen molar-refractivity contribution in [1.29, 1.82) is 0 Å². The van der Waals surface area contributed by atoms with Crippen LogP contribution in [-0.4, -0.2) is 85.8 Å². The third kappa shape index (κ3) is 9.35. The van der Waals surface area contributed by atoms with Gasteiger partial charge in [0.05, 0.1) is 41.1 Å². The third-order valence-electron chi connectivity index (χ3n) is 18.4. The molecule has 3 heterocycles. The van der Waals surface area contributed by atoms with Crippen molar-refractivity contribution >= 4 is 23.9 Å². The van der Waals surface area contributed by atoms with E-state index in [9.17, 15) is 19.2 Å². The molecule has 4 aromatic carbocycles. The van der Waals surface area contributed by atoms with Crippen LogP contribution in [0.25, 0.3) is 0 Å². The van der Waals surface area contributed by atoms with E-state index in [-0.39, 0.29) is 39.7 Å². The van der Waals surface area contributed by atoms with E-state index in [0.717, 1.165) is 45.1 Å². The summed E-state index contributed by atoms with van der Waals surface area (Å²) in [5, 5.41) is 0. The van der Waals surface area contributed by atoms with Crippen LogP contribution in [0.4, 0.5) is 0 Å². The van der Waals surface area contributed by atoms with Gasteiger partial charge >= 0.3 is 23.9 Å². The van der Waals surface area contributed by atoms with Crippen molar-refractivity contribution in [3.8, 4) is 0 Å². The fourth-order valence-corrected chi connectivity index (χ4v) is 14.6. The zero-order valence-electron chi connectivity index (χ0n) is 42.3. The summed E-state index contributed by atoms with van der Waals surface area (Å²) < 4.78 is 52.4. The van der Waals surface area contributed by atoms with Crippen LogP contribution in [0, 0.1) is 46.3 Å². The molecule has 7 aliphatic rings. The maximum Gasteiger partial charge on any atom is 0.338 e. The highest BCUT2D eigenvalue weighted by molar-refractivity contribution is 5.91. The normalized spacial score (nSPS) is 37.3. The molecule has 0 radical (unpaired) electrons. The highest BCUT2D eigenvalue weighted by Crippen LogP contribution is 2.70. The van der Waals surface area contributed by atoms with Crippen LogP contribution >= 0.6 is 0 Å². The van der Waals surface area contributed by atoms with E-state index in [1.54, 1.807) is 121 Å². The molecule has 73 heavy (non-hydrogen) atoms. The Morgan fingerprint density at radius 1 is 0.630 bits per heavy atom. The minimum absolute atomic E-state index is 0.0383. The fraction of sp³-hybridized carbons (Fsp3) is 0.508. The number of rotatable bonds is 11. The number of carbonyl (C=O) groups excluding carboxylic acids is 4. The van der Waals surface area contributed by atoms with Crippen LogP contribution in [0.5, 0.6) is 0 Å². The molecule has 11 rings (SSSR count). The second-order valence-corrected chi connectivity index (χ2v) is 22.5. The molecule has 384 valence electrons. The molecule has 3 saturated heterocycles. The van der Waals surface area contributed by atoms with Gasteiger partial charge in [-0.2, -0.15) is 0 Å². The maximum atomic E-state index is 14.2. The molecule has 3 aliphatic heterocycles. The van der Waals surface area contributed by atoms with Crippen molar-refractivity contribution in [1.82, 2.24) is 0 Å². The average molecular weight is 993 g/mol. The van der Waals surface area contributed by atoms with E-state index < -0.39 is 67.0 Å². The molecular formula is C61H68O12. The number of ether oxygens (including phenoxy) is 8. The first-order valence-corrected chi connectivity index (χ1v) is 26.7. The van der Waals surface area contributed by atoms with Gasteiger partial charge in [-0.05, 0) is 140 Å². The van der Waals surface area contributed by atoms with Crippen molar-refractivity contribution in [2.24, 2.45) is 46.3 Å². The zero-order chi connectivity index (χ0) is 50.5. The Bertz CT molecular complexity index is 2650. The van der Waals surface area contributed by atoms with Gasteiger partial charge in [0.25, 0.3) is 0 Å². The van der Waals surface area contributed by atoms with Gasteiger partial charge in [0.15, 0.2) is 30.4 Å². The van der Waals surface area contributed by atoms with Gasteiger partial charge in [-0.1, -0.05) is 112 Å². The van der Waals surface area contributed by atoms with Gasteiger partial charge in [0.1, 0.15) is 12.7 Å². The number of benzene rings is 4. The van der Waals surface area contributed by atoms with E-state index in [2.05, 4.69) is 33.8 Å². The average Bonchev–Trinajstić information content (AvgIpc) is 3.88. The van der Waals surface area contributed by atoms with E-state index in [1.165, 1.54) is 12.0 Å². The minimum atomic E-state index is -1.49. The fourth-order valence-electron chi connectivity index (χ4n) is 14.6. The van der Waals surface area contributed by atoms with Crippen molar-refractivity contribution in [2.45, 2.75) is 134 Å². The monoisotopic (exact) mass is 992 g/mol. The van der Waals surface area contributed by atoms with E-state index in [1.807, 2.05) is 0 Å². The topological polar surface area (TPSA) is 142 Å². The molecule has 6 fully saturated rings. The second kappa shape index (κ2) is 20.2. The Hall–Kier alpha value is -5.66. The third-order valence-corrected chi connectivity index (χ3v) is 18.4. The van der Waals surface area contributed by atoms with Gasteiger partial charge in [-0.15, -0.1) is 0 Å². The standard InChI is InChI=1S/C61H68O12/c1-37-27-32-61(67-35-37)38(2)50-48(73-61)34-47-45-26-25-43-33-44(28-30-59(43,3)46(45)29-31-60(47,50)4)68-58-53(72-57(65)42-23-15-8-16-24-42)52(71-56(64)41-21-13-7-14-22-41)51(70-55(63)40-19-11-6-12-20-40)49(69-58)36-66-54(62)39-17-9-5-10-18-39/h5-25,37-38,44-53,58H,26-36H2,1-4H3/t37-,38+,44+,45-,46+,47+,48+,49-,50+,51+,52+,53-,58-,59+,60+,61-/m1/s1. The number of allylic oxidation sites excluding steroid dienone is 1. The lowest BCUT2D eigenvalue weighted by molar-refractivity contribution is -0.310. The number of carbonyl (C=O) groups is 4. The Kier molecular flexibility index (Phi) is 13.7. The molecule has 4 aliphatic carbocycles. The maximum absolute atomic E-state index is 14.2. The Morgan fingerprint density at radius 2 is 1.19 bits per heavy atom. The summed E-state index contributed by atoms with van der Waals surface area (Å²) in [7, 11) is 0. The SMILES string of the molecule is C[C@@H]1CC[C@@]2(OC1)O[C@H]1C[C@H]3[C@@H]4CC=C5C[C@@H](O[C@@H]6O[C@H](COC(=O)c7ccccc7)[C@H](OC(=O)c7ccccc7)[C@H](OC(=O)c7ccccc7)[C@H]6OC(=O)c6ccccc6)CC[C@]5(C)[C@H]4CC[C@]3(C)[C@H]1[C@@H]2C. The van der Waals surface area contributed by atoms with Crippen LogP contribution in [0.1, 0.15) is 127 Å². The predicted octanol–water partition coefficient (Wildman–Crippen LogP) is 11.0. The molecule has 16 atom stereocenters. The summed E-state index contributed by atoms with van der Waals surface area (Å²) in [6, 6.07) is 33.8. The van der Waals surface area contributed by atoms with Crippen molar-refractivity contribution in [3.63, 3.8) is 0 Å². The predicted molar refractivity (Wildman–Crippen MR) is 269 cm³/mol. The van der Waals surface area contributed by atoms with Gasteiger partial charge in [0, 0.05) is 12.3 Å². The number of fused-ring (bicyclic) bond motifs is 7. The highest BCUT2D eigenvalue weighted by Gasteiger charge is 2.69. The minimum Gasteiger partial charge on any atom is -0.459 e. The van der Waals surface area contributed by atoms with Crippen LogP contribution in [0.2, 0.25) is 0 Å². The summed E-state index contributed by atoms with van der Waals surface area (Å²) in [5.74, 6) is -0.276. The molecule has 0 unspecified atom stereocenters. The van der Waals surface area contributed by atoms with Gasteiger partial charge in [0.2, 0.25) is 0 Å². The quantitative estimate of drug-likeness (QED) is 0.0802. The Morgan fingerprint density at radius 3 is 1.77 bits per heavy atom. The number of esters is 4. The summed E-state index contributed by atoms with van der Waals surface area (Å²) in [6.45, 7) is 10.0. The molecule has 4 aromatic rings. The van der Waals surface area contributed by atoms with E-state index in [4.69, 9.17) is 37.9 Å². The summed E-state index contributed by atoms with van der Waals surface area (Å²) in [4.78, 5) is 56.1. The lowest BCUT2D eigenvalue weighted by atomic mass is 9.47. The summed E-state index contributed by atoms with van der Waals surface area (Å²) in [5.41, 5.74) is 2.50. The van der Waals surface area contributed by atoms with Crippen molar-refractivity contribution in [2.75, 3.05) is 13.2 Å². The lowest BCUT2D eigenvalue weighted by Crippen LogP contribution is -2.63. The first-order chi connectivity index (χ1) is 35.3. The van der Waals surface area contributed by atoms with Crippen LogP contribution in [0.3, 0.4) is 0 Å². The second-order valence-electron chi connectivity index (χ2n) is 22.5. The Balaban J connectivity index is 0.890. The van der Waals surface area contributed by atoms with Gasteiger partial charge in [-0.3, -0.25) is 0 Å². The first-order valence-electron chi connectivity index (χ1n) is 26.7. The number of hydrogen-bond donors (Lipinski definition) is 0. The molecule has 12 heteroatoms. The largest absolute Gasteiger partial charge is 0.459 e. The lowest BCUT2D eigenvalue weighted by Gasteiger charge is -2.58. The molecular weight excluding hydrogens is 925 g/mol. The molecule has 0 bridgehead atoms. The Labute approximate surface area is 428 Å². The summed E-state index contributed by atoms with van der Waals surface area (Å²) >= 11 is 0.